The zero-order valence-electron chi connectivity index (χ0n) is 13.1. The summed E-state index contributed by atoms with van der Waals surface area (Å²) < 4.78 is 38.1. The van der Waals surface area contributed by atoms with E-state index in [1.165, 1.54) is 24.3 Å². The highest BCUT2D eigenvalue weighted by Gasteiger charge is 2.14. The number of halogens is 1. The number of carboxylic acid groups (broad SMARTS) is 1. The molecule has 0 fully saturated rings. The number of carbonyl (C=O) groups is 2. The maximum Gasteiger partial charge on any atom is 0.335 e. The second-order valence-electron chi connectivity index (χ2n) is 5.26. The van der Waals surface area contributed by atoms with Crippen molar-refractivity contribution < 1.29 is 27.5 Å². The fourth-order valence-corrected chi connectivity index (χ4v) is 2.70. The Kier molecular flexibility index (Phi) is 5.38. The van der Waals surface area contributed by atoms with E-state index in [4.69, 9.17) is 5.11 Å². The molecule has 2 aromatic rings. The summed E-state index contributed by atoms with van der Waals surface area (Å²) in [7, 11) is -3.62. The number of sulfonamides is 1. The van der Waals surface area contributed by atoms with E-state index in [1.807, 2.05) is 4.72 Å². The first-order valence-electron chi connectivity index (χ1n) is 7.04. The van der Waals surface area contributed by atoms with Gasteiger partial charge in [0.05, 0.1) is 23.9 Å². The summed E-state index contributed by atoms with van der Waals surface area (Å²) in [6, 6.07) is 9.54. The van der Waals surface area contributed by atoms with E-state index in [0.717, 1.165) is 12.3 Å². The van der Waals surface area contributed by atoms with Gasteiger partial charge in [0, 0.05) is 5.69 Å². The molecule has 0 spiro atoms. The third kappa shape index (κ3) is 5.28. The number of benzene rings is 2. The molecule has 25 heavy (non-hydrogen) atoms. The molecular formula is C16H15FN2O5S. The zero-order valence-corrected chi connectivity index (χ0v) is 13.9. The molecule has 0 aliphatic carbocycles. The van der Waals surface area contributed by atoms with Gasteiger partial charge >= 0.3 is 5.97 Å². The number of carboxylic acids is 1. The van der Waals surface area contributed by atoms with Crippen LogP contribution >= 0.6 is 0 Å². The molecule has 2 rings (SSSR count). The van der Waals surface area contributed by atoms with Crippen molar-refractivity contribution in [2.45, 2.75) is 6.42 Å². The molecule has 0 heterocycles. The summed E-state index contributed by atoms with van der Waals surface area (Å²) in [6.45, 7) is 0. The number of hydrogen-bond acceptors (Lipinski definition) is 4. The second-order valence-corrected chi connectivity index (χ2v) is 7.00. The molecule has 132 valence electrons. The first-order valence-corrected chi connectivity index (χ1v) is 8.93. The number of amides is 1. The topological polar surface area (TPSA) is 113 Å². The van der Waals surface area contributed by atoms with Gasteiger partial charge < -0.3 is 10.4 Å². The molecule has 0 unspecified atom stereocenters. The third-order valence-corrected chi connectivity index (χ3v) is 3.74. The van der Waals surface area contributed by atoms with Gasteiger partial charge in [-0.3, -0.25) is 9.52 Å². The lowest BCUT2D eigenvalue weighted by atomic mass is 10.0. The van der Waals surface area contributed by atoms with Crippen LogP contribution in [0.5, 0.6) is 0 Å². The minimum atomic E-state index is -3.62. The molecule has 0 atom stereocenters. The standard InChI is InChI=1S/C16H15FN2O5S/c1-25(23,24)19-14-7-6-11(9-13(14)17)18-15(20)8-10-4-2-3-5-12(10)16(21)22/h2-7,9,19H,8H2,1H3,(H,18,20)(H,21,22). The predicted octanol–water partition coefficient (Wildman–Crippen LogP) is 2.08. The normalized spacial score (nSPS) is 11.0. The van der Waals surface area contributed by atoms with Gasteiger partial charge in [-0.15, -0.1) is 0 Å². The number of nitrogens with one attached hydrogen (secondary N) is 2. The number of rotatable bonds is 6. The van der Waals surface area contributed by atoms with Crippen LogP contribution in [0.4, 0.5) is 15.8 Å². The Bertz CT molecular complexity index is 928. The smallest absolute Gasteiger partial charge is 0.335 e. The highest BCUT2D eigenvalue weighted by atomic mass is 32.2. The van der Waals surface area contributed by atoms with Gasteiger partial charge in [-0.25, -0.2) is 17.6 Å². The maximum absolute atomic E-state index is 13.9. The monoisotopic (exact) mass is 366 g/mol. The highest BCUT2D eigenvalue weighted by Crippen LogP contribution is 2.20. The Hall–Kier alpha value is -2.94. The summed E-state index contributed by atoms with van der Waals surface area (Å²) in [5, 5.41) is 11.5. The van der Waals surface area contributed by atoms with Crippen molar-refractivity contribution in [1.29, 1.82) is 0 Å². The Morgan fingerprint density at radius 2 is 1.84 bits per heavy atom. The van der Waals surface area contributed by atoms with Gasteiger partial charge in [-0.05, 0) is 29.8 Å². The van der Waals surface area contributed by atoms with E-state index in [9.17, 15) is 22.4 Å². The first-order chi connectivity index (χ1) is 11.7. The number of carbonyl (C=O) groups excluding carboxylic acids is 1. The average molecular weight is 366 g/mol. The Balaban J connectivity index is 2.11. The molecule has 0 bridgehead atoms. The first kappa shape index (κ1) is 18.4. The molecule has 0 aromatic heterocycles. The largest absolute Gasteiger partial charge is 0.478 e. The fourth-order valence-electron chi connectivity index (χ4n) is 2.14. The lowest BCUT2D eigenvalue weighted by Crippen LogP contribution is -2.17. The van der Waals surface area contributed by atoms with Crippen LogP contribution in [0.1, 0.15) is 15.9 Å². The van der Waals surface area contributed by atoms with Crippen LogP contribution in [-0.4, -0.2) is 31.7 Å². The molecule has 0 saturated heterocycles. The average Bonchev–Trinajstić information content (AvgIpc) is 2.49. The van der Waals surface area contributed by atoms with Crippen molar-refractivity contribution >= 4 is 33.3 Å². The van der Waals surface area contributed by atoms with Gasteiger partial charge in [-0.2, -0.15) is 0 Å². The summed E-state index contributed by atoms with van der Waals surface area (Å²) >= 11 is 0. The van der Waals surface area contributed by atoms with Crippen LogP contribution in [0.2, 0.25) is 0 Å². The maximum atomic E-state index is 13.9. The van der Waals surface area contributed by atoms with Crippen molar-refractivity contribution in [1.82, 2.24) is 0 Å². The molecule has 0 saturated carbocycles. The molecule has 1 amide bonds. The summed E-state index contributed by atoms with van der Waals surface area (Å²) in [4.78, 5) is 23.2. The highest BCUT2D eigenvalue weighted by molar-refractivity contribution is 7.92. The van der Waals surface area contributed by atoms with Crippen LogP contribution in [0, 0.1) is 5.82 Å². The third-order valence-electron chi connectivity index (χ3n) is 3.15. The molecular weight excluding hydrogens is 351 g/mol. The van der Waals surface area contributed by atoms with E-state index in [1.54, 1.807) is 12.1 Å². The molecule has 0 aliphatic rings. The van der Waals surface area contributed by atoms with E-state index in [0.29, 0.717) is 5.56 Å². The Morgan fingerprint density at radius 3 is 2.44 bits per heavy atom. The number of aromatic carboxylic acids is 1. The molecule has 0 aliphatic heterocycles. The van der Waals surface area contributed by atoms with Crippen LogP contribution in [-0.2, 0) is 21.2 Å². The molecule has 0 radical (unpaired) electrons. The quantitative estimate of drug-likeness (QED) is 0.724. The molecule has 3 N–H and O–H groups in total. The molecule has 7 nitrogen and oxygen atoms in total. The van der Waals surface area contributed by atoms with Gasteiger partial charge in [0.1, 0.15) is 5.82 Å². The summed E-state index contributed by atoms with van der Waals surface area (Å²) in [6.07, 6.45) is 0.690. The zero-order chi connectivity index (χ0) is 18.6. The lowest BCUT2D eigenvalue weighted by Gasteiger charge is -2.10. The van der Waals surface area contributed by atoms with Gasteiger partial charge in [0.25, 0.3) is 0 Å². The Labute approximate surface area is 143 Å². The summed E-state index contributed by atoms with van der Waals surface area (Å²) in [5.41, 5.74) is 0.214. The van der Waals surface area contributed by atoms with Crippen LogP contribution < -0.4 is 10.0 Å². The minimum absolute atomic E-state index is 0.0107. The number of anilines is 2. The molecule has 9 heteroatoms. The van der Waals surface area contributed by atoms with Gasteiger partial charge in [0.2, 0.25) is 15.9 Å². The fraction of sp³-hybridized carbons (Fsp3) is 0.125. The van der Waals surface area contributed by atoms with Crippen molar-refractivity contribution in [3.63, 3.8) is 0 Å². The predicted molar refractivity (Wildman–Crippen MR) is 90.6 cm³/mol. The van der Waals surface area contributed by atoms with Gasteiger partial charge in [0.15, 0.2) is 0 Å². The van der Waals surface area contributed by atoms with E-state index in [2.05, 4.69) is 5.32 Å². The second kappa shape index (κ2) is 7.31. The Morgan fingerprint density at radius 1 is 1.16 bits per heavy atom. The van der Waals surface area contributed by atoms with E-state index < -0.39 is 27.7 Å². The van der Waals surface area contributed by atoms with Crippen molar-refractivity contribution in [3.05, 3.63) is 59.4 Å². The van der Waals surface area contributed by atoms with Crippen LogP contribution in [0.15, 0.2) is 42.5 Å². The minimum Gasteiger partial charge on any atom is -0.478 e. The lowest BCUT2D eigenvalue weighted by molar-refractivity contribution is -0.115. The van der Waals surface area contributed by atoms with Gasteiger partial charge in [-0.1, -0.05) is 18.2 Å². The van der Waals surface area contributed by atoms with Crippen molar-refractivity contribution in [3.8, 4) is 0 Å². The van der Waals surface area contributed by atoms with Crippen LogP contribution in [0.3, 0.4) is 0 Å². The molecule has 2 aromatic carbocycles. The van der Waals surface area contributed by atoms with E-state index in [-0.39, 0.29) is 23.4 Å². The van der Waals surface area contributed by atoms with E-state index >= 15 is 0 Å². The van der Waals surface area contributed by atoms with Crippen LogP contribution in [0.25, 0.3) is 0 Å². The van der Waals surface area contributed by atoms with Crippen molar-refractivity contribution in [2.24, 2.45) is 0 Å². The van der Waals surface area contributed by atoms with Crippen molar-refractivity contribution in [2.75, 3.05) is 16.3 Å². The number of hydrogen-bond donors (Lipinski definition) is 3. The summed E-state index contributed by atoms with van der Waals surface area (Å²) in [5.74, 6) is -2.53. The SMILES string of the molecule is CS(=O)(=O)Nc1ccc(NC(=O)Cc2ccccc2C(=O)O)cc1F.